The summed E-state index contributed by atoms with van der Waals surface area (Å²) in [6, 6.07) is 11.9. The largest absolute Gasteiger partial charge is 0.402 e. The zero-order valence-electron chi connectivity index (χ0n) is 15.1. The minimum absolute atomic E-state index is 0.00226. The van der Waals surface area contributed by atoms with Gasteiger partial charge in [0.25, 0.3) is 5.89 Å². The number of nitrogens with zero attached hydrogens (tertiary/aromatic N) is 3. The molecule has 1 aliphatic heterocycles. The maximum Gasteiger partial charge on any atom is 0.322 e. The number of hydrogen-bond acceptors (Lipinski definition) is 7. The molecule has 11 heteroatoms. The molecule has 1 atom stereocenters. The summed E-state index contributed by atoms with van der Waals surface area (Å²) in [5.41, 5.74) is 0. The second-order valence-electron chi connectivity index (χ2n) is 6.52. The zero-order chi connectivity index (χ0) is 20.4. The fraction of sp³-hybridized carbons (Fsp3) is 0.278. The minimum Gasteiger partial charge on any atom is -0.402 e. The van der Waals surface area contributed by atoms with Crippen molar-refractivity contribution in [3.63, 3.8) is 0 Å². The molecule has 8 nitrogen and oxygen atoms in total. The number of hydrogen-bond donors (Lipinski definition) is 1. The van der Waals surface area contributed by atoms with Crippen molar-refractivity contribution >= 4 is 49.2 Å². The average Bonchev–Trinajstić information content (AvgIpc) is 3.37. The third kappa shape index (κ3) is 4.42. The van der Waals surface area contributed by atoms with Crippen LogP contribution in [0.1, 0.15) is 12.8 Å². The summed E-state index contributed by atoms with van der Waals surface area (Å²) in [4.78, 5) is 13.7. The SMILES string of the molecule is O=C(Nc1nnc(-c2ccc(Br)s2)o1)C1CCCN(S(=O)(=O)c2ccccc2)C1. The number of carbonyl (C=O) groups excluding carboxylic acids is 1. The maximum atomic E-state index is 12.8. The third-order valence-corrected chi connectivity index (χ3v) is 8.07. The summed E-state index contributed by atoms with van der Waals surface area (Å²) in [5.74, 6) is -0.512. The molecular formula is C18H17BrN4O4S2. The molecular weight excluding hydrogens is 480 g/mol. The molecule has 29 heavy (non-hydrogen) atoms. The van der Waals surface area contributed by atoms with E-state index in [1.807, 2.05) is 12.1 Å². The zero-order valence-corrected chi connectivity index (χ0v) is 18.3. The Labute approximate surface area is 180 Å². The first kappa shape index (κ1) is 20.2. The van der Waals surface area contributed by atoms with Crippen molar-refractivity contribution in [3.05, 3.63) is 46.3 Å². The van der Waals surface area contributed by atoms with Crippen molar-refractivity contribution in [2.24, 2.45) is 5.92 Å². The second-order valence-corrected chi connectivity index (χ2v) is 10.9. The van der Waals surface area contributed by atoms with Gasteiger partial charge in [0, 0.05) is 13.1 Å². The molecule has 0 radical (unpaired) electrons. The number of nitrogens with one attached hydrogen (secondary N) is 1. The predicted octanol–water partition coefficient (Wildman–Crippen LogP) is 3.60. The fourth-order valence-corrected chi connectivity index (χ4v) is 5.98. The Balaban J connectivity index is 1.44. The van der Waals surface area contributed by atoms with Crippen LogP contribution in [0.2, 0.25) is 0 Å². The van der Waals surface area contributed by atoms with Gasteiger partial charge >= 0.3 is 6.01 Å². The summed E-state index contributed by atoms with van der Waals surface area (Å²) in [6.45, 7) is 0.501. The molecule has 0 aliphatic carbocycles. The van der Waals surface area contributed by atoms with Crippen LogP contribution >= 0.6 is 27.3 Å². The van der Waals surface area contributed by atoms with Crippen molar-refractivity contribution < 1.29 is 17.6 Å². The monoisotopic (exact) mass is 496 g/mol. The van der Waals surface area contributed by atoms with E-state index in [0.717, 1.165) is 8.66 Å². The Morgan fingerprint density at radius 3 is 2.72 bits per heavy atom. The van der Waals surface area contributed by atoms with Crippen LogP contribution in [0.15, 0.2) is 55.6 Å². The van der Waals surface area contributed by atoms with Gasteiger partial charge in [-0.3, -0.25) is 10.1 Å². The number of anilines is 1. The van der Waals surface area contributed by atoms with Crippen molar-refractivity contribution in [1.29, 1.82) is 0 Å². The molecule has 2 aromatic heterocycles. The van der Waals surface area contributed by atoms with Gasteiger partial charge in [-0.05, 0) is 53.0 Å². The standard InChI is InChI=1S/C18H17BrN4O4S2/c19-15-9-8-14(28-15)17-21-22-18(27-17)20-16(24)12-5-4-10-23(11-12)29(25,26)13-6-2-1-3-7-13/h1-3,6-9,12H,4-5,10-11H2,(H,20,22,24). The van der Waals surface area contributed by atoms with Crippen molar-refractivity contribution in [1.82, 2.24) is 14.5 Å². The van der Waals surface area contributed by atoms with E-state index in [1.165, 1.54) is 15.6 Å². The number of halogens is 1. The average molecular weight is 497 g/mol. The highest BCUT2D eigenvalue weighted by atomic mass is 79.9. The van der Waals surface area contributed by atoms with E-state index >= 15 is 0 Å². The second kappa shape index (κ2) is 8.34. The number of aromatic nitrogens is 2. The molecule has 4 rings (SSSR count). The molecule has 0 bridgehead atoms. The number of thiophene rings is 1. The molecule has 1 fully saturated rings. The lowest BCUT2D eigenvalue weighted by Crippen LogP contribution is -2.43. The number of benzene rings is 1. The molecule has 1 amide bonds. The summed E-state index contributed by atoms with van der Waals surface area (Å²) in [5, 5.41) is 10.4. The van der Waals surface area contributed by atoms with E-state index in [4.69, 9.17) is 4.42 Å². The van der Waals surface area contributed by atoms with Gasteiger partial charge in [0.05, 0.1) is 19.5 Å². The topological polar surface area (TPSA) is 105 Å². The Morgan fingerprint density at radius 2 is 2.00 bits per heavy atom. The lowest BCUT2D eigenvalue weighted by atomic mass is 9.99. The molecule has 1 saturated heterocycles. The van der Waals surface area contributed by atoms with Crippen LogP contribution in [0.4, 0.5) is 6.01 Å². The van der Waals surface area contributed by atoms with Gasteiger partial charge in [-0.2, -0.15) is 4.31 Å². The quantitative estimate of drug-likeness (QED) is 0.578. The molecule has 3 aromatic rings. The highest BCUT2D eigenvalue weighted by Gasteiger charge is 2.33. The molecule has 152 valence electrons. The number of piperidine rings is 1. The number of carbonyl (C=O) groups is 1. The first-order valence-electron chi connectivity index (χ1n) is 8.89. The van der Waals surface area contributed by atoms with E-state index in [2.05, 4.69) is 31.4 Å². The van der Waals surface area contributed by atoms with Crippen LogP contribution in [0, 0.1) is 5.92 Å². The van der Waals surface area contributed by atoms with Gasteiger partial charge in [-0.15, -0.1) is 16.4 Å². The van der Waals surface area contributed by atoms with Crippen LogP contribution in [0.25, 0.3) is 10.8 Å². The summed E-state index contributed by atoms with van der Waals surface area (Å²) >= 11 is 4.81. The van der Waals surface area contributed by atoms with Crippen LogP contribution in [-0.4, -0.2) is 41.9 Å². The molecule has 3 heterocycles. The molecule has 0 saturated carbocycles. The van der Waals surface area contributed by atoms with Crippen molar-refractivity contribution in [2.75, 3.05) is 18.4 Å². The van der Waals surface area contributed by atoms with Crippen molar-refractivity contribution in [2.45, 2.75) is 17.7 Å². The Bertz CT molecular complexity index is 1110. The van der Waals surface area contributed by atoms with Gasteiger partial charge in [-0.1, -0.05) is 23.3 Å². The highest BCUT2D eigenvalue weighted by molar-refractivity contribution is 9.11. The normalized spacial score (nSPS) is 17.9. The Hall–Kier alpha value is -2.08. The van der Waals surface area contributed by atoms with Crippen molar-refractivity contribution in [3.8, 4) is 10.8 Å². The van der Waals surface area contributed by atoms with Crippen LogP contribution in [-0.2, 0) is 14.8 Å². The third-order valence-electron chi connectivity index (χ3n) is 4.58. The summed E-state index contributed by atoms with van der Waals surface area (Å²) < 4.78 is 33.5. The van der Waals surface area contributed by atoms with Gasteiger partial charge in [0.2, 0.25) is 15.9 Å². The smallest absolute Gasteiger partial charge is 0.322 e. The summed E-state index contributed by atoms with van der Waals surface area (Å²) in [7, 11) is -3.63. The number of rotatable bonds is 5. The summed E-state index contributed by atoms with van der Waals surface area (Å²) in [6.07, 6.45) is 1.19. The van der Waals surface area contributed by atoms with Crippen LogP contribution in [0.3, 0.4) is 0 Å². The van der Waals surface area contributed by atoms with E-state index in [0.29, 0.717) is 25.3 Å². The van der Waals surface area contributed by atoms with Gasteiger partial charge in [0.1, 0.15) is 0 Å². The van der Waals surface area contributed by atoms with Gasteiger partial charge in [0.15, 0.2) is 0 Å². The maximum absolute atomic E-state index is 12.8. The highest BCUT2D eigenvalue weighted by Crippen LogP contribution is 2.31. The van der Waals surface area contributed by atoms with Crippen LogP contribution in [0.5, 0.6) is 0 Å². The number of amides is 1. The van der Waals surface area contributed by atoms with Gasteiger partial charge in [-0.25, -0.2) is 8.42 Å². The molecule has 1 N–H and O–H groups in total. The molecule has 1 aliphatic rings. The molecule has 1 unspecified atom stereocenters. The van der Waals surface area contributed by atoms with E-state index in [1.54, 1.807) is 30.3 Å². The minimum atomic E-state index is -3.63. The lowest BCUT2D eigenvalue weighted by molar-refractivity contribution is -0.121. The molecule has 0 spiro atoms. The van der Waals surface area contributed by atoms with E-state index < -0.39 is 15.9 Å². The van der Waals surface area contributed by atoms with Crippen LogP contribution < -0.4 is 5.32 Å². The lowest BCUT2D eigenvalue weighted by Gasteiger charge is -2.30. The first-order valence-corrected chi connectivity index (χ1v) is 11.9. The predicted molar refractivity (Wildman–Crippen MR) is 112 cm³/mol. The Morgan fingerprint density at radius 1 is 1.21 bits per heavy atom. The van der Waals surface area contributed by atoms with E-state index in [9.17, 15) is 13.2 Å². The number of sulfonamides is 1. The molecule has 1 aromatic carbocycles. The Kier molecular flexibility index (Phi) is 5.81. The first-order chi connectivity index (χ1) is 13.9. The van der Waals surface area contributed by atoms with Gasteiger partial charge < -0.3 is 4.42 Å². The van der Waals surface area contributed by atoms with E-state index in [-0.39, 0.29) is 23.4 Å². The fourth-order valence-electron chi connectivity index (χ4n) is 3.13.